The molecule has 0 aromatic carbocycles. The summed E-state index contributed by atoms with van der Waals surface area (Å²) in [5, 5.41) is 13.0. The van der Waals surface area contributed by atoms with E-state index in [2.05, 4.69) is 20.3 Å². The lowest BCUT2D eigenvalue weighted by Gasteiger charge is -2.42. The lowest BCUT2D eigenvalue weighted by molar-refractivity contribution is -0.0399. The summed E-state index contributed by atoms with van der Waals surface area (Å²) in [5.74, 6) is -0.436. The normalized spacial score (nSPS) is 25.3. The van der Waals surface area contributed by atoms with Gasteiger partial charge in [0.25, 0.3) is 5.91 Å². The average molecular weight is 375 g/mol. The van der Waals surface area contributed by atoms with Crippen molar-refractivity contribution in [1.82, 2.24) is 24.8 Å². The number of methoxy groups -OCH3 is 1. The highest BCUT2D eigenvalue weighted by Gasteiger charge is 2.40. The van der Waals surface area contributed by atoms with E-state index < -0.39 is 0 Å². The van der Waals surface area contributed by atoms with Gasteiger partial charge in [-0.25, -0.2) is 15.0 Å². The number of imidazole rings is 1. The van der Waals surface area contributed by atoms with Gasteiger partial charge in [-0.05, 0) is 18.9 Å². The van der Waals surface area contributed by atoms with E-state index in [1.807, 2.05) is 10.8 Å². The molecule has 27 heavy (non-hydrogen) atoms. The Bertz CT molecular complexity index is 697. The summed E-state index contributed by atoms with van der Waals surface area (Å²) in [7, 11) is 1.63. The van der Waals surface area contributed by atoms with Gasteiger partial charge in [0.05, 0.1) is 37.7 Å². The lowest BCUT2D eigenvalue weighted by atomic mass is 9.79. The van der Waals surface area contributed by atoms with Crippen molar-refractivity contribution in [3.8, 4) is 0 Å². The first kappa shape index (κ1) is 19.4. The summed E-state index contributed by atoms with van der Waals surface area (Å²) in [6, 6.07) is 1.21. The Morgan fingerprint density at radius 1 is 1.33 bits per heavy atom. The Balaban J connectivity index is 1.77. The highest BCUT2D eigenvalue weighted by atomic mass is 16.5. The molecule has 0 saturated heterocycles. The fourth-order valence-electron chi connectivity index (χ4n) is 3.57. The molecule has 3 rings (SSSR count). The summed E-state index contributed by atoms with van der Waals surface area (Å²) in [6.45, 7) is 0.960. The van der Waals surface area contributed by atoms with Crippen molar-refractivity contribution >= 4 is 5.91 Å². The van der Waals surface area contributed by atoms with Gasteiger partial charge in [-0.1, -0.05) is 0 Å². The smallest absolute Gasteiger partial charge is 0.270 e. The minimum Gasteiger partial charge on any atom is -0.396 e. The van der Waals surface area contributed by atoms with Crippen molar-refractivity contribution < 1.29 is 19.4 Å². The van der Waals surface area contributed by atoms with Crippen LogP contribution in [0.1, 0.15) is 29.4 Å². The van der Waals surface area contributed by atoms with Gasteiger partial charge in [0.1, 0.15) is 12.0 Å². The Labute approximate surface area is 157 Å². The second-order valence-electron chi connectivity index (χ2n) is 6.57. The van der Waals surface area contributed by atoms with E-state index in [4.69, 9.17) is 9.47 Å². The summed E-state index contributed by atoms with van der Waals surface area (Å²) in [4.78, 5) is 24.6. The number of amides is 1. The third-order valence-electron chi connectivity index (χ3n) is 4.89. The van der Waals surface area contributed by atoms with Crippen LogP contribution >= 0.6 is 0 Å². The van der Waals surface area contributed by atoms with E-state index in [1.54, 1.807) is 25.7 Å². The van der Waals surface area contributed by atoms with Crippen LogP contribution in [0.4, 0.5) is 0 Å². The van der Waals surface area contributed by atoms with Crippen molar-refractivity contribution in [3.63, 3.8) is 0 Å². The predicted octanol–water partition coefficient (Wildman–Crippen LogP) is 0.447. The summed E-state index contributed by atoms with van der Waals surface area (Å²) in [5.41, 5.74) is 0.296. The number of carbonyl (C=O) groups is 1. The lowest BCUT2D eigenvalue weighted by Crippen LogP contribution is -2.52. The maximum Gasteiger partial charge on any atom is 0.270 e. The zero-order valence-electron chi connectivity index (χ0n) is 15.3. The highest BCUT2D eigenvalue weighted by Crippen LogP contribution is 2.34. The zero-order chi connectivity index (χ0) is 19.1. The van der Waals surface area contributed by atoms with Crippen molar-refractivity contribution in [3.05, 3.63) is 43.0 Å². The van der Waals surface area contributed by atoms with Gasteiger partial charge in [-0.2, -0.15) is 0 Å². The molecule has 9 heteroatoms. The average Bonchev–Trinajstić information content (AvgIpc) is 3.24. The third-order valence-corrected chi connectivity index (χ3v) is 4.89. The van der Waals surface area contributed by atoms with Gasteiger partial charge in [-0.15, -0.1) is 0 Å². The molecule has 1 aliphatic carbocycles. The van der Waals surface area contributed by atoms with E-state index in [0.717, 1.165) is 0 Å². The predicted molar refractivity (Wildman–Crippen MR) is 96.0 cm³/mol. The fraction of sp³-hybridized carbons (Fsp3) is 0.556. The molecule has 1 fully saturated rings. The first-order valence-electron chi connectivity index (χ1n) is 8.98. The molecule has 0 bridgehead atoms. The van der Waals surface area contributed by atoms with Crippen molar-refractivity contribution in [2.75, 3.05) is 26.9 Å². The Morgan fingerprint density at radius 2 is 2.22 bits per heavy atom. The van der Waals surface area contributed by atoms with Gasteiger partial charge >= 0.3 is 0 Å². The van der Waals surface area contributed by atoms with E-state index >= 15 is 0 Å². The number of aromatic nitrogens is 4. The fourth-order valence-corrected chi connectivity index (χ4v) is 3.57. The van der Waals surface area contributed by atoms with Gasteiger partial charge in [0.2, 0.25) is 0 Å². The van der Waals surface area contributed by atoms with Gasteiger partial charge in [0.15, 0.2) is 0 Å². The van der Waals surface area contributed by atoms with Gasteiger partial charge in [0, 0.05) is 38.2 Å². The molecule has 2 N–H and O–H groups in total. The summed E-state index contributed by atoms with van der Waals surface area (Å²) >= 11 is 0. The number of rotatable bonds is 8. The molecule has 0 spiro atoms. The number of hydrogen-bond acceptors (Lipinski definition) is 7. The second-order valence-corrected chi connectivity index (χ2v) is 6.57. The molecule has 146 valence electrons. The topological polar surface area (TPSA) is 111 Å². The summed E-state index contributed by atoms with van der Waals surface area (Å²) < 4.78 is 12.9. The van der Waals surface area contributed by atoms with Crippen LogP contribution in [0.15, 0.2) is 37.3 Å². The van der Waals surface area contributed by atoms with Crippen LogP contribution in [-0.4, -0.2) is 69.6 Å². The molecule has 1 saturated carbocycles. The van der Waals surface area contributed by atoms with Crippen molar-refractivity contribution in [2.45, 2.75) is 31.0 Å². The monoisotopic (exact) mass is 375 g/mol. The van der Waals surface area contributed by atoms with Gasteiger partial charge in [-0.3, -0.25) is 4.79 Å². The molecule has 2 aromatic heterocycles. The molecule has 2 heterocycles. The number of aliphatic hydroxyl groups is 1. The molecule has 0 aliphatic heterocycles. The molecule has 9 nitrogen and oxygen atoms in total. The minimum absolute atomic E-state index is 0.0306. The Kier molecular flexibility index (Phi) is 6.86. The molecule has 4 atom stereocenters. The number of ether oxygens (including phenoxy) is 2. The first-order chi connectivity index (χ1) is 13.2. The minimum atomic E-state index is -0.287. The molecule has 1 aliphatic rings. The van der Waals surface area contributed by atoms with Crippen LogP contribution in [0.5, 0.6) is 0 Å². The first-order valence-corrected chi connectivity index (χ1v) is 8.98. The summed E-state index contributed by atoms with van der Waals surface area (Å²) in [6.07, 6.45) is 9.47. The third kappa shape index (κ3) is 4.88. The molecular weight excluding hydrogens is 350 g/mol. The van der Waals surface area contributed by atoms with Crippen LogP contribution in [0.25, 0.3) is 0 Å². The van der Waals surface area contributed by atoms with Crippen LogP contribution < -0.4 is 5.32 Å². The molecule has 0 unspecified atom stereocenters. The number of nitrogens with zero attached hydrogens (tertiary/aromatic N) is 4. The SMILES string of the molecule is COCCO[C@@H]1C[C@@H](CO)[C@@H](NC(=O)c2ccncn2)[C@H](n2ccnc2)C1. The number of aliphatic hydroxyl groups excluding tert-OH is 1. The second kappa shape index (κ2) is 9.54. The zero-order valence-corrected chi connectivity index (χ0v) is 15.3. The maximum atomic E-state index is 12.6. The largest absolute Gasteiger partial charge is 0.396 e. The quantitative estimate of drug-likeness (QED) is 0.644. The number of nitrogens with one attached hydrogen (secondary N) is 1. The number of carbonyl (C=O) groups excluding carboxylic acids is 1. The maximum absolute atomic E-state index is 12.6. The molecule has 0 radical (unpaired) electrons. The highest BCUT2D eigenvalue weighted by molar-refractivity contribution is 5.92. The van der Waals surface area contributed by atoms with E-state index in [1.165, 1.54) is 12.5 Å². The van der Waals surface area contributed by atoms with Gasteiger partial charge < -0.3 is 24.5 Å². The standard InChI is InChI=1S/C18H25N5O4/c1-26-6-7-27-14-8-13(10-24)17(16(9-14)23-5-4-20-12-23)22-18(25)15-2-3-19-11-21-15/h2-5,11-14,16-17,24H,6-10H2,1H3,(H,22,25)/t13-,14+,16+,17+/m0/s1. The van der Waals surface area contributed by atoms with E-state index in [0.29, 0.717) is 31.7 Å². The Hall–Kier alpha value is -2.36. The van der Waals surface area contributed by atoms with Crippen molar-refractivity contribution in [1.29, 1.82) is 0 Å². The van der Waals surface area contributed by atoms with Crippen LogP contribution in [-0.2, 0) is 9.47 Å². The number of hydrogen-bond donors (Lipinski definition) is 2. The van der Waals surface area contributed by atoms with Crippen LogP contribution in [0.2, 0.25) is 0 Å². The van der Waals surface area contributed by atoms with Crippen molar-refractivity contribution in [2.24, 2.45) is 5.92 Å². The molecule has 2 aromatic rings. The van der Waals surface area contributed by atoms with Crippen LogP contribution in [0.3, 0.4) is 0 Å². The van der Waals surface area contributed by atoms with Crippen LogP contribution in [0, 0.1) is 5.92 Å². The van der Waals surface area contributed by atoms with E-state index in [-0.39, 0.29) is 36.6 Å². The molecular formula is C18H25N5O4. The van der Waals surface area contributed by atoms with E-state index in [9.17, 15) is 9.90 Å². The molecule has 1 amide bonds. The Morgan fingerprint density at radius 3 is 2.89 bits per heavy atom.